The van der Waals surface area contributed by atoms with Gasteiger partial charge in [0, 0.05) is 26.4 Å². The van der Waals surface area contributed by atoms with E-state index in [-0.39, 0.29) is 0 Å². The van der Waals surface area contributed by atoms with Gasteiger partial charge in [0.1, 0.15) is 0 Å². The molecule has 0 N–H and O–H groups in total. The van der Waals surface area contributed by atoms with Gasteiger partial charge >= 0.3 is 6.96 Å². The van der Waals surface area contributed by atoms with Crippen LogP contribution in [0, 0.1) is 0 Å². The summed E-state index contributed by atoms with van der Waals surface area (Å²) in [4.78, 5) is 0. The fourth-order valence-corrected chi connectivity index (χ4v) is 1.08. The molecule has 0 atom stereocenters. The minimum absolute atomic E-state index is 0.542. The van der Waals surface area contributed by atoms with E-state index in [1.54, 1.807) is 0 Å². The first-order valence-electron chi connectivity index (χ1n) is 4.01. The molecule has 1 saturated heterocycles. The summed E-state index contributed by atoms with van der Waals surface area (Å²) in [6, 6.07) is 0. The molecule has 1 aliphatic heterocycles. The Morgan fingerprint density at radius 2 is 1.55 bits per heavy atom. The summed E-state index contributed by atoms with van der Waals surface area (Å²) >= 11 is 0. The van der Waals surface area contributed by atoms with Crippen LogP contribution in [0.2, 0.25) is 0 Å². The van der Waals surface area contributed by atoms with E-state index in [1.807, 2.05) is 13.8 Å². The van der Waals surface area contributed by atoms with Crippen LogP contribution in [0.5, 0.6) is 0 Å². The third-order valence-electron chi connectivity index (χ3n) is 1.47. The zero-order valence-corrected chi connectivity index (χ0v) is 7.04. The molecule has 1 aliphatic rings. The van der Waals surface area contributed by atoms with Gasteiger partial charge in [0.25, 0.3) is 0 Å². The molecule has 0 aromatic rings. The second kappa shape index (κ2) is 4.06. The molecule has 1 fully saturated rings. The fraction of sp³-hybridized carbons (Fsp3) is 1.00. The summed E-state index contributed by atoms with van der Waals surface area (Å²) in [6.45, 7) is 4.11. The van der Waals surface area contributed by atoms with E-state index in [2.05, 4.69) is 0 Å². The van der Waals surface area contributed by atoms with Crippen molar-refractivity contribution in [1.82, 2.24) is 0 Å². The van der Waals surface area contributed by atoms with Gasteiger partial charge in [-0.25, -0.2) is 0 Å². The largest absolute Gasteiger partial charge is 0.531 e. The van der Waals surface area contributed by atoms with Gasteiger partial charge in [-0.3, -0.25) is 0 Å². The normalized spacial score (nSPS) is 22.4. The highest BCUT2D eigenvalue weighted by Gasteiger charge is 2.34. The van der Waals surface area contributed by atoms with Gasteiger partial charge in [0.05, 0.1) is 0 Å². The molecule has 0 bridgehead atoms. The topological polar surface area (TPSA) is 36.9 Å². The second-order valence-corrected chi connectivity index (χ2v) is 2.23. The lowest BCUT2D eigenvalue weighted by molar-refractivity contribution is 0.0293. The number of hydrogen-bond acceptors (Lipinski definition) is 4. The Morgan fingerprint density at radius 3 is 1.91 bits per heavy atom. The summed E-state index contributed by atoms with van der Waals surface area (Å²) in [5.41, 5.74) is 0. The van der Waals surface area contributed by atoms with E-state index in [4.69, 9.17) is 18.6 Å². The van der Waals surface area contributed by atoms with Crippen LogP contribution in [-0.4, -0.2) is 33.4 Å². The molecule has 4 nitrogen and oxygen atoms in total. The van der Waals surface area contributed by atoms with Crippen molar-refractivity contribution in [3.8, 4) is 0 Å². The van der Waals surface area contributed by atoms with Gasteiger partial charge in [-0.05, 0) is 13.8 Å². The molecule has 0 aliphatic carbocycles. The van der Waals surface area contributed by atoms with Crippen molar-refractivity contribution in [3.63, 3.8) is 0 Å². The first-order valence-corrected chi connectivity index (χ1v) is 4.01. The van der Waals surface area contributed by atoms with E-state index in [9.17, 15) is 0 Å². The maximum absolute atomic E-state index is 5.23. The predicted octanol–water partition coefficient (Wildman–Crippen LogP) is 0.542. The van der Waals surface area contributed by atoms with Gasteiger partial charge in [-0.15, -0.1) is 0 Å². The molecule has 1 heterocycles. The van der Waals surface area contributed by atoms with Crippen LogP contribution in [0.15, 0.2) is 0 Å². The Labute approximate surface area is 66.8 Å². The minimum Gasteiger partial charge on any atom is -0.519 e. The summed E-state index contributed by atoms with van der Waals surface area (Å²) in [6.07, 6.45) is 0. The van der Waals surface area contributed by atoms with Crippen LogP contribution >= 0.6 is 0 Å². The van der Waals surface area contributed by atoms with Gasteiger partial charge in [-0.1, -0.05) is 0 Å². The molecule has 0 aromatic carbocycles. The highest BCUT2D eigenvalue weighted by atomic mass is 16.9. The lowest BCUT2D eigenvalue weighted by Crippen LogP contribution is -2.44. The first-order chi connectivity index (χ1) is 5.33. The Bertz CT molecular complexity index is 105. The monoisotopic (exact) mass is 161 g/mol. The molecule has 0 spiro atoms. The SMILES string of the molecule is CCO[B-]1(OCC)OCCO1. The molecule has 66 valence electrons. The number of hydrogen-bond donors (Lipinski definition) is 0. The fourth-order valence-electron chi connectivity index (χ4n) is 1.08. The Balaban J connectivity index is 2.40. The molecule has 1 rings (SSSR count). The summed E-state index contributed by atoms with van der Waals surface area (Å²) in [7, 11) is 0. The van der Waals surface area contributed by atoms with Gasteiger partial charge < -0.3 is 18.6 Å². The van der Waals surface area contributed by atoms with Crippen molar-refractivity contribution in [2.45, 2.75) is 13.8 Å². The van der Waals surface area contributed by atoms with E-state index in [0.29, 0.717) is 26.4 Å². The number of rotatable bonds is 4. The molecular weight excluding hydrogens is 147 g/mol. The third-order valence-corrected chi connectivity index (χ3v) is 1.47. The zero-order chi connectivity index (χ0) is 8.16. The summed E-state index contributed by atoms with van der Waals surface area (Å²) < 4.78 is 20.9. The van der Waals surface area contributed by atoms with E-state index in [0.717, 1.165) is 0 Å². The summed E-state index contributed by atoms with van der Waals surface area (Å²) in [5.74, 6) is 0. The van der Waals surface area contributed by atoms with Gasteiger partial charge in [0.15, 0.2) is 0 Å². The molecule has 0 radical (unpaired) electrons. The van der Waals surface area contributed by atoms with Crippen molar-refractivity contribution in [2.24, 2.45) is 0 Å². The van der Waals surface area contributed by atoms with Crippen LogP contribution in [0.4, 0.5) is 0 Å². The smallest absolute Gasteiger partial charge is 0.519 e. The van der Waals surface area contributed by atoms with Crippen molar-refractivity contribution in [1.29, 1.82) is 0 Å². The van der Waals surface area contributed by atoms with Gasteiger partial charge in [-0.2, -0.15) is 0 Å². The van der Waals surface area contributed by atoms with Crippen LogP contribution in [0.25, 0.3) is 0 Å². The van der Waals surface area contributed by atoms with Crippen molar-refractivity contribution in [2.75, 3.05) is 26.4 Å². The predicted molar refractivity (Wildman–Crippen MR) is 40.9 cm³/mol. The Morgan fingerprint density at radius 1 is 1.09 bits per heavy atom. The lowest BCUT2D eigenvalue weighted by atomic mass is 10.1. The van der Waals surface area contributed by atoms with E-state index < -0.39 is 6.96 Å². The average molecular weight is 161 g/mol. The van der Waals surface area contributed by atoms with E-state index >= 15 is 0 Å². The summed E-state index contributed by atoms with van der Waals surface area (Å²) in [5, 5.41) is 0. The van der Waals surface area contributed by atoms with Crippen LogP contribution in [0.1, 0.15) is 13.8 Å². The lowest BCUT2D eigenvalue weighted by Gasteiger charge is -2.33. The van der Waals surface area contributed by atoms with Crippen LogP contribution in [-0.2, 0) is 18.6 Å². The molecule has 5 heteroatoms. The molecular formula is C6H14BO4-. The van der Waals surface area contributed by atoms with Gasteiger partial charge in [0.2, 0.25) is 0 Å². The Hall–Kier alpha value is -0.0951. The van der Waals surface area contributed by atoms with Crippen molar-refractivity contribution < 1.29 is 18.6 Å². The van der Waals surface area contributed by atoms with E-state index in [1.165, 1.54) is 0 Å². The maximum atomic E-state index is 5.23. The van der Waals surface area contributed by atoms with Crippen molar-refractivity contribution >= 4 is 6.96 Å². The highest BCUT2D eigenvalue weighted by molar-refractivity contribution is 6.54. The van der Waals surface area contributed by atoms with Crippen LogP contribution < -0.4 is 0 Å². The Kier molecular flexibility index (Phi) is 3.32. The van der Waals surface area contributed by atoms with Crippen molar-refractivity contribution in [3.05, 3.63) is 0 Å². The third kappa shape index (κ3) is 2.17. The first kappa shape index (κ1) is 9.00. The minimum atomic E-state index is -1.85. The molecule has 0 unspecified atom stereocenters. The highest BCUT2D eigenvalue weighted by Crippen LogP contribution is 2.16. The zero-order valence-electron chi connectivity index (χ0n) is 7.04. The molecule has 0 amide bonds. The standard InChI is InChI=1S/C6H14BO4/c1-3-8-7(9-4-2)10-5-6-11-7/h3-6H2,1-2H3/q-1. The average Bonchev–Trinajstić information content (AvgIpc) is 2.39. The van der Waals surface area contributed by atoms with Crippen LogP contribution in [0.3, 0.4) is 0 Å². The maximum Gasteiger partial charge on any atom is 0.531 e. The molecule has 11 heavy (non-hydrogen) atoms. The molecule has 0 aromatic heterocycles. The quantitative estimate of drug-likeness (QED) is 0.564. The second-order valence-electron chi connectivity index (χ2n) is 2.23. The molecule has 0 saturated carbocycles.